The molecule has 0 bridgehead atoms. The third-order valence-electron chi connectivity index (χ3n) is 1.94. The van der Waals surface area contributed by atoms with E-state index in [9.17, 15) is 14.4 Å². The van der Waals surface area contributed by atoms with Gasteiger partial charge >= 0.3 is 11.7 Å². The van der Waals surface area contributed by atoms with Crippen molar-refractivity contribution in [2.75, 3.05) is 6.54 Å². The lowest BCUT2D eigenvalue weighted by Crippen LogP contribution is -2.25. The molecule has 0 aliphatic carbocycles. The Hall–Kier alpha value is -2.05. The molecule has 1 aromatic rings. The maximum Gasteiger partial charge on any atom is 0.323 e. The van der Waals surface area contributed by atoms with Crippen LogP contribution >= 0.6 is 0 Å². The quantitative estimate of drug-likeness (QED) is 0.499. The first-order valence-electron chi connectivity index (χ1n) is 4.87. The van der Waals surface area contributed by atoms with Gasteiger partial charge < -0.3 is 20.4 Å². The molecule has 88 valence electrons. The van der Waals surface area contributed by atoms with Crippen molar-refractivity contribution in [3.05, 3.63) is 22.4 Å². The molecule has 1 rings (SSSR count). The third kappa shape index (κ3) is 3.99. The number of aromatic amines is 2. The highest BCUT2D eigenvalue weighted by Crippen LogP contribution is 1.94. The first-order chi connectivity index (χ1) is 7.59. The van der Waals surface area contributed by atoms with Crippen LogP contribution in [0.25, 0.3) is 0 Å². The topological polar surface area (TPSA) is 115 Å². The molecular weight excluding hydrogens is 214 g/mol. The van der Waals surface area contributed by atoms with E-state index in [4.69, 9.17) is 5.11 Å². The number of aliphatic carboxylic acids is 1. The van der Waals surface area contributed by atoms with Crippen molar-refractivity contribution in [2.24, 2.45) is 0 Å². The minimum Gasteiger partial charge on any atom is -0.481 e. The summed E-state index contributed by atoms with van der Waals surface area (Å²) in [5, 5.41) is 10.9. The molecular formula is C9H13N3O4. The number of amides is 1. The fourth-order valence-corrected chi connectivity index (χ4v) is 1.15. The van der Waals surface area contributed by atoms with E-state index in [2.05, 4.69) is 15.3 Å². The van der Waals surface area contributed by atoms with Gasteiger partial charge in [-0.25, -0.2) is 4.79 Å². The summed E-state index contributed by atoms with van der Waals surface area (Å²) in [4.78, 5) is 36.9. The number of hydrogen-bond donors (Lipinski definition) is 4. The monoisotopic (exact) mass is 227 g/mol. The Morgan fingerprint density at radius 1 is 1.38 bits per heavy atom. The summed E-state index contributed by atoms with van der Waals surface area (Å²) in [5.74, 6) is -1.23. The van der Waals surface area contributed by atoms with Crippen molar-refractivity contribution in [3.63, 3.8) is 0 Å². The van der Waals surface area contributed by atoms with Crippen LogP contribution < -0.4 is 11.0 Å². The minimum atomic E-state index is -0.846. The van der Waals surface area contributed by atoms with E-state index in [1.807, 2.05) is 0 Å². The Kier molecular flexibility index (Phi) is 4.31. The fraction of sp³-hybridized carbons (Fsp3) is 0.444. The zero-order valence-corrected chi connectivity index (χ0v) is 8.58. The molecule has 0 atom stereocenters. The maximum absolute atomic E-state index is 11.3. The summed E-state index contributed by atoms with van der Waals surface area (Å²) >= 11 is 0. The van der Waals surface area contributed by atoms with Gasteiger partial charge in [0.25, 0.3) is 5.91 Å². The maximum atomic E-state index is 11.3. The number of carbonyl (C=O) groups excluding carboxylic acids is 1. The second-order valence-electron chi connectivity index (χ2n) is 3.26. The first-order valence-corrected chi connectivity index (χ1v) is 4.87. The minimum absolute atomic E-state index is 0.0941. The van der Waals surface area contributed by atoms with Crippen LogP contribution in [0.3, 0.4) is 0 Å². The predicted molar refractivity (Wildman–Crippen MR) is 55.2 cm³/mol. The van der Waals surface area contributed by atoms with Gasteiger partial charge in [-0.3, -0.25) is 9.59 Å². The lowest BCUT2D eigenvalue weighted by atomic mass is 10.2. The molecule has 0 unspecified atom stereocenters. The molecule has 0 radical (unpaired) electrons. The van der Waals surface area contributed by atoms with Crippen LogP contribution in [0.15, 0.2) is 11.0 Å². The average Bonchev–Trinajstić information content (AvgIpc) is 2.63. The Balaban J connectivity index is 2.21. The molecule has 0 saturated heterocycles. The van der Waals surface area contributed by atoms with Gasteiger partial charge in [0.05, 0.1) is 0 Å². The van der Waals surface area contributed by atoms with Crippen LogP contribution in [0.5, 0.6) is 0 Å². The van der Waals surface area contributed by atoms with E-state index in [1.165, 1.54) is 6.20 Å². The molecule has 1 aromatic heterocycles. The van der Waals surface area contributed by atoms with E-state index < -0.39 is 11.7 Å². The summed E-state index contributed by atoms with van der Waals surface area (Å²) in [6.07, 6.45) is 2.48. The lowest BCUT2D eigenvalue weighted by Gasteiger charge is -2.01. The summed E-state index contributed by atoms with van der Waals surface area (Å²) < 4.78 is 0. The molecule has 0 aliphatic rings. The van der Waals surface area contributed by atoms with Crippen LogP contribution in [-0.2, 0) is 4.79 Å². The van der Waals surface area contributed by atoms with Gasteiger partial charge in [0, 0.05) is 19.2 Å². The molecule has 1 heterocycles. The summed E-state index contributed by atoms with van der Waals surface area (Å²) in [6, 6.07) is 0. The standard InChI is InChI=1S/C9H13N3O4/c13-7(14)3-1-2-4-10-8(15)6-5-11-9(16)12-6/h5H,1-4H2,(H,10,15)(H,13,14)(H2,11,12,16). The molecule has 0 spiro atoms. The summed E-state index contributed by atoms with van der Waals surface area (Å²) in [5.41, 5.74) is -0.265. The number of carboxylic acid groups (broad SMARTS) is 1. The molecule has 1 amide bonds. The van der Waals surface area contributed by atoms with Gasteiger partial charge in [0.1, 0.15) is 5.69 Å². The Morgan fingerprint density at radius 2 is 2.12 bits per heavy atom. The largest absolute Gasteiger partial charge is 0.481 e. The molecule has 7 heteroatoms. The van der Waals surface area contributed by atoms with Crippen LogP contribution in [0.2, 0.25) is 0 Å². The van der Waals surface area contributed by atoms with Crippen LogP contribution in [0.1, 0.15) is 29.8 Å². The van der Waals surface area contributed by atoms with Crippen molar-refractivity contribution < 1.29 is 14.7 Å². The van der Waals surface area contributed by atoms with Gasteiger partial charge in [-0.05, 0) is 12.8 Å². The molecule has 16 heavy (non-hydrogen) atoms. The van der Waals surface area contributed by atoms with Gasteiger partial charge in [-0.1, -0.05) is 0 Å². The molecule has 0 fully saturated rings. The van der Waals surface area contributed by atoms with E-state index in [-0.39, 0.29) is 18.0 Å². The Bertz CT molecular complexity index is 420. The number of rotatable bonds is 6. The zero-order valence-electron chi connectivity index (χ0n) is 8.58. The van der Waals surface area contributed by atoms with Gasteiger partial charge in [0.15, 0.2) is 0 Å². The predicted octanol–water partition coefficient (Wildman–Crippen LogP) is -0.312. The average molecular weight is 227 g/mol. The number of carbonyl (C=O) groups is 2. The molecule has 0 aromatic carbocycles. The number of aromatic nitrogens is 2. The molecule has 4 N–H and O–H groups in total. The number of H-pyrrole nitrogens is 2. The summed E-state index contributed by atoms with van der Waals surface area (Å²) in [7, 11) is 0. The number of carboxylic acids is 1. The highest BCUT2D eigenvalue weighted by atomic mass is 16.4. The second kappa shape index (κ2) is 5.74. The van der Waals surface area contributed by atoms with Crippen LogP contribution in [0, 0.1) is 0 Å². The number of nitrogens with one attached hydrogen (secondary N) is 3. The van der Waals surface area contributed by atoms with Crippen molar-refractivity contribution >= 4 is 11.9 Å². The van der Waals surface area contributed by atoms with Crippen molar-refractivity contribution in [2.45, 2.75) is 19.3 Å². The third-order valence-corrected chi connectivity index (χ3v) is 1.94. The summed E-state index contributed by atoms with van der Waals surface area (Å²) in [6.45, 7) is 0.388. The Morgan fingerprint density at radius 3 is 2.69 bits per heavy atom. The fourth-order valence-electron chi connectivity index (χ4n) is 1.15. The van der Waals surface area contributed by atoms with E-state index >= 15 is 0 Å². The number of hydrogen-bond acceptors (Lipinski definition) is 3. The van der Waals surface area contributed by atoms with Crippen LogP contribution in [0.4, 0.5) is 0 Å². The van der Waals surface area contributed by atoms with E-state index in [1.54, 1.807) is 0 Å². The second-order valence-corrected chi connectivity index (χ2v) is 3.26. The van der Waals surface area contributed by atoms with Crippen molar-refractivity contribution in [1.82, 2.24) is 15.3 Å². The normalized spacial score (nSPS) is 10.0. The van der Waals surface area contributed by atoms with Gasteiger partial charge in [0.2, 0.25) is 0 Å². The van der Waals surface area contributed by atoms with Gasteiger partial charge in [-0.2, -0.15) is 0 Å². The zero-order chi connectivity index (χ0) is 12.0. The highest BCUT2D eigenvalue weighted by molar-refractivity contribution is 5.91. The van der Waals surface area contributed by atoms with E-state index in [0.717, 1.165) is 0 Å². The smallest absolute Gasteiger partial charge is 0.323 e. The van der Waals surface area contributed by atoms with E-state index in [0.29, 0.717) is 19.4 Å². The van der Waals surface area contributed by atoms with Crippen LogP contribution in [-0.4, -0.2) is 33.5 Å². The Labute approximate surface area is 90.9 Å². The molecule has 0 aliphatic heterocycles. The van der Waals surface area contributed by atoms with Gasteiger partial charge in [-0.15, -0.1) is 0 Å². The lowest BCUT2D eigenvalue weighted by molar-refractivity contribution is -0.137. The first kappa shape index (κ1) is 12.0. The number of imidazole rings is 1. The highest BCUT2D eigenvalue weighted by Gasteiger charge is 2.06. The van der Waals surface area contributed by atoms with Crippen molar-refractivity contribution in [1.29, 1.82) is 0 Å². The molecule has 0 saturated carbocycles. The SMILES string of the molecule is O=C(O)CCCCNC(=O)c1c[nH]c(=O)[nH]1. The van der Waals surface area contributed by atoms with Crippen molar-refractivity contribution in [3.8, 4) is 0 Å². The number of unbranched alkanes of at least 4 members (excludes halogenated alkanes) is 1. The molecule has 7 nitrogen and oxygen atoms in total.